The van der Waals surface area contributed by atoms with Gasteiger partial charge in [-0.05, 0) is 13.3 Å². The molecule has 27 heavy (non-hydrogen) atoms. The Morgan fingerprint density at radius 1 is 0.704 bits per heavy atom. The normalized spacial score (nSPS) is 11.2. The van der Waals surface area contributed by atoms with Crippen LogP contribution in [0.4, 0.5) is 0 Å². The van der Waals surface area contributed by atoms with Gasteiger partial charge in [-0.2, -0.15) is 4.98 Å². The van der Waals surface area contributed by atoms with Crippen LogP contribution in [0.3, 0.4) is 0 Å². The fraction of sp³-hybridized carbons (Fsp3) is 0.667. The lowest BCUT2D eigenvalue weighted by Gasteiger charge is -2.02. The lowest BCUT2D eigenvalue weighted by Crippen LogP contribution is -1.87. The molecule has 0 bridgehead atoms. The Bertz CT molecular complexity index is 603. The lowest BCUT2D eigenvalue weighted by molar-refractivity contribution is 0.373. The van der Waals surface area contributed by atoms with Gasteiger partial charge in [0, 0.05) is 12.0 Å². The van der Waals surface area contributed by atoms with Crippen molar-refractivity contribution in [2.75, 3.05) is 0 Å². The summed E-state index contributed by atoms with van der Waals surface area (Å²) in [5.74, 6) is 1.48. The molecule has 2 aromatic rings. The highest BCUT2D eigenvalue weighted by Gasteiger charge is 2.08. The number of hydrogen-bond acceptors (Lipinski definition) is 3. The summed E-state index contributed by atoms with van der Waals surface area (Å²) in [5, 5.41) is 4.11. The first-order valence-corrected chi connectivity index (χ1v) is 11.2. The zero-order chi connectivity index (χ0) is 19.2. The first-order valence-electron chi connectivity index (χ1n) is 11.2. The maximum Gasteiger partial charge on any atom is 0.226 e. The highest BCUT2D eigenvalue weighted by molar-refractivity contribution is 5.54. The van der Waals surface area contributed by atoms with E-state index in [2.05, 4.69) is 48.3 Å². The summed E-state index contributed by atoms with van der Waals surface area (Å²) in [7, 11) is 0. The van der Waals surface area contributed by atoms with Crippen molar-refractivity contribution in [3.05, 3.63) is 35.7 Å². The number of nitrogens with zero attached hydrogens (tertiary/aromatic N) is 2. The fourth-order valence-corrected chi connectivity index (χ4v) is 3.47. The molecule has 0 aliphatic heterocycles. The van der Waals surface area contributed by atoms with Gasteiger partial charge in [0.25, 0.3) is 0 Å². The quantitative estimate of drug-likeness (QED) is 0.302. The van der Waals surface area contributed by atoms with Gasteiger partial charge < -0.3 is 4.52 Å². The van der Waals surface area contributed by atoms with Crippen LogP contribution >= 0.6 is 0 Å². The summed E-state index contributed by atoms with van der Waals surface area (Å²) in [4.78, 5) is 4.53. The molecule has 1 aromatic carbocycles. The Kier molecular flexibility index (Phi) is 10.8. The molecular formula is C24H38N2O. The number of aryl methyl sites for hydroxylation is 2. The Morgan fingerprint density at radius 3 is 1.78 bits per heavy atom. The van der Waals surface area contributed by atoms with E-state index in [1.165, 1.54) is 82.6 Å². The SMILES string of the molecule is CCCCCCCCCCCCCCCc1nc(-c2ccc(C)cc2)no1. The second-order valence-corrected chi connectivity index (χ2v) is 7.87. The van der Waals surface area contributed by atoms with E-state index in [0.29, 0.717) is 5.82 Å². The molecule has 0 saturated carbocycles. The topological polar surface area (TPSA) is 38.9 Å². The van der Waals surface area contributed by atoms with E-state index in [4.69, 9.17) is 4.52 Å². The van der Waals surface area contributed by atoms with Gasteiger partial charge in [0.05, 0.1) is 0 Å². The predicted molar refractivity (Wildman–Crippen MR) is 114 cm³/mol. The highest BCUT2D eigenvalue weighted by atomic mass is 16.5. The van der Waals surface area contributed by atoms with E-state index in [9.17, 15) is 0 Å². The highest BCUT2D eigenvalue weighted by Crippen LogP contribution is 2.18. The molecule has 0 atom stereocenters. The summed E-state index contributed by atoms with van der Waals surface area (Å²) in [6.45, 7) is 4.37. The molecule has 0 radical (unpaired) electrons. The summed E-state index contributed by atoms with van der Waals surface area (Å²) < 4.78 is 5.40. The van der Waals surface area contributed by atoms with E-state index in [1.54, 1.807) is 0 Å². The molecule has 3 heteroatoms. The second-order valence-electron chi connectivity index (χ2n) is 7.87. The van der Waals surface area contributed by atoms with Gasteiger partial charge in [0.2, 0.25) is 11.7 Å². The minimum atomic E-state index is 0.708. The molecule has 0 fully saturated rings. The maximum absolute atomic E-state index is 5.40. The van der Waals surface area contributed by atoms with E-state index in [0.717, 1.165) is 24.3 Å². The van der Waals surface area contributed by atoms with Crippen molar-refractivity contribution >= 4 is 0 Å². The summed E-state index contributed by atoms with van der Waals surface area (Å²) in [6, 6.07) is 8.26. The van der Waals surface area contributed by atoms with Crippen LogP contribution in [0, 0.1) is 6.92 Å². The molecule has 0 N–H and O–H groups in total. The fourth-order valence-electron chi connectivity index (χ4n) is 3.47. The van der Waals surface area contributed by atoms with Crippen LogP contribution in [-0.4, -0.2) is 10.1 Å². The third-order valence-corrected chi connectivity index (χ3v) is 5.27. The molecule has 1 aromatic heterocycles. The number of benzene rings is 1. The van der Waals surface area contributed by atoms with E-state index in [-0.39, 0.29) is 0 Å². The van der Waals surface area contributed by atoms with Crippen LogP contribution < -0.4 is 0 Å². The van der Waals surface area contributed by atoms with Crippen molar-refractivity contribution in [2.24, 2.45) is 0 Å². The van der Waals surface area contributed by atoms with Gasteiger partial charge >= 0.3 is 0 Å². The molecule has 1 heterocycles. The van der Waals surface area contributed by atoms with E-state index in [1.807, 2.05) is 0 Å². The zero-order valence-electron chi connectivity index (χ0n) is 17.5. The summed E-state index contributed by atoms with van der Waals surface area (Å²) in [5.41, 5.74) is 2.27. The third kappa shape index (κ3) is 9.21. The molecule has 150 valence electrons. The molecule has 0 aliphatic rings. The van der Waals surface area contributed by atoms with Crippen LogP contribution in [0.5, 0.6) is 0 Å². The van der Waals surface area contributed by atoms with Gasteiger partial charge in [-0.1, -0.05) is 119 Å². The predicted octanol–water partition coefficient (Wildman–Crippen LogP) is 7.68. The van der Waals surface area contributed by atoms with Crippen LogP contribution in [0.1, 0.15) is 102 Å². The van der Waals surface area contributed by atoms with Crippen molar-refractivity contribution in [2.45, 2.75) is 104 Å². The van der Waals surface area contributed by atoms with Crippen molar-refractivity contribution < 1.29 is 4.52 Å². The van der Waals surface area contributed by atoms with Crippen molar-refractivity contribution in [3.63, 3.8) is 0 Å². The van der Waals surface area contributed by atoms with Crippen LogP contribution in [0.15, 0.2) is 28.8 Å². The number of unbranched alkanes of at least 4 members (excludes halogenated alkanes) is 12. The standard InChI is InChI=1S/C24H38N2O/c1-3-4-5-6-7-8-9-10-11-12-13-14-15-16-23-25-24(26-27-23)22-19-17-21(2)18-20-22/h17-20H,3-16H2,1-2H3. The molecular weight excluding hydrogens is 332 g/mol. The lowest BCUT2D eigenvalue weighted by atomic mass is 10.0. The minimum Gasteiger partial charge on any atom is -0.339 e. The number of hydrogen-bond donors (Lipinski definition) is 0. The van der Waals surface area contributed by atoms with Gasteiger partial charge in [-0.3, -0.25) is 0 Å². The first-order chi connectivity index (χ1) is 13.3. The van der Waals surface area contributed by atoms with Crippen molar-refractivity contribution in [1.29, 1.82) is 0 Å². The first kappa shape index (κ1) is 21.7. The molecule has 0 spiro atoms. The molecule has 0 unspecified atom stereocenters. The van der Waals surface area contributed by atoms with Crippen LogP contribution in [0.25, 0.3) is 11.4 Å². The Hall–Kier alpha value is -1.64. The van der Waals surface area contributed by atoms with E-state index >= 15 is 0 Å². The summed E-state index contributed by atoms with van der Waals surface area (Å²) >= 11 is 0. The van der Waals surface area contributed by atoms with E-state index < -0.39 is 0 Å². The van der Waals surface area contributed by atoms with Crippen LogP contribution in [-0.2, 0) is 6.42 Å². The van der Waals surface area contributed by atoms with Gasteiger partial charge in [0.1, 0.15) is 0 Å². The maximum atomic E-state index is 5.40. The van der Waals surface area contributed by atoms with Crippen LogP contribution in [0.2, 0.25) is 0 Å². The average Bonchev–Trinajstić information content (AvgIpc) is 3.15. The molecule has 3 nitrogen and oxygen atoms in total. The Morgan fingerprint density at radius 2 is 1.22 bits per heavy atom. The molecule has 2 rings (SSSR count). The smallest absolute Gasteiger partial charge is 0.226 e. The number of rotatable bonds is 15. The number of aromatic nitrogens is 2. The molecule has 0 saturated heterocycles. The largest absolute Gasteiger partial charge is 0.339 e. The van der Waals surface area contributed by atoms with Crippen molar-refractivity contribution in [1.82, 2.24) is 10.1 Å². The summed E-state index contributed by atoms with van der Waals surface area (Å²) in [6.07, 6.45) is 18.8. The Balaban J connectivity index is 1.45. The Labute approximate surface area is 166 Å². The zero-order valence-corrected chi connectivity index (χ0v) is 17.5. The molecule has 0 aliphatic carbocycles. The monoisotopic (exact) mass is 370 g/mol. The molecule has 0 amide bonds. The van der Waals surface area contributed by atoms with Crippen molar-refractivity contribution in [3.8, 4) is 11.4 Å². The second kappa shape index (κ2) is 13.5. The average molecular weight is 371 g/mol. The van der Waals surface area contributed by atoms with Gasteiger partial charge in [0.15, 0.2) is 0 Å². The minimum absolute atomic E-state index is 0.708. The van der Waals surface area contributed by atoms with Gasteiger partial charge in [-0.15, -0.1) is 0 Å². The third-order valence-electron chi connectivity index (χ3n) is 5.27. The van der Waals surface area contributed by atoms with Gasteiger partial charge in [-0.25, -0.2) is 0 Å².